The van der Waals surface area contributed by atoms with E-state index in [4.69, 9.17) is 0 Å². The molecule has 0 aromatic heterocycles. The van der Waals surface area contributed by atoms with Crippen LogP contribution in [0, 0.1) is 0 Å². The van der Waals surface area contributed by atoms with Crippen LogP contribution in [0.15, 0.2) is 0 Å². The van der Waals surface area contributed by atoms with Crippen molar-refractivity contribution in [3.63, 3.8) is 0 Å². The van der Waals surface area contributed by atoms with Crippen LogP contribution in [0.25, 0.3) is 0 Å². The molecule has 0 unspecified atom stereocenters. The molecule has 5 heteroatoms. The van der Waals surface area contributed by atoms with Gasteiger partial charge in [0.2, 0.25) is 0 Å². The Morgan fingerprint density at radius 3 is 0.600 bits per heavy atom. The molecule has 0 aromatic rings. The van der Waals surface area contributed by atoms with Gasteiger partial charge in [0.15, 0.2) is 0 Å². The van der Waals surface area contributed by atoms with E-state index in [1.54, 1.807) is 0 Å². The maximum absolute atomic E-state index is 0. The third kappa shape index (κ3) is 30.8. The van der Waals surface area contributed by atoms with E-state index in [1.165, 1.54) is 0 Å². The normalized spacial score (nSPS) is 0. The smallest absolute Gasteiger partial charge is 2.00 e. The Labute approximate surface area is 63.4 Å². The zero-order valence-corrected chi connectivity index (χ0v) is 7.52. The summed E-state index contributed by atoms with van der Waals surface area (Å²) in [5.41, 5.74) is 0. The summed E-state index contributed by atoms with van der Waals surface area (Å²) in [5.74, 6) is 0. The fourth-order valence-electron chi connectivity index (χ4n) is 0. The fourth-order valence-corrected chi connectivity index (χ4v) is 0. The Kier molecular flexibility index (Phi) is 933. The molecule has 0 amide bonds. The van der Waals surface area contributed by atoms with Crippen molar-refractivity contribution in [1.82, 2.24) is 0 Å². The van der Waals surface area contributed by atoms with E-state index < -0.39 is 0 Å². The van der Waals surface area contributed by atoms with Gasteiger partial charge in [-0.15, -0.1) is 0 Å². The molecule has 0 N–H and O–H groups in total. The van der Waals surface area contributed by atoms with Gasteiger partial charge in [0.05, 0.1) is 0 Å². The number of hydrogen-bond donors (Lipinski definition) is 0. The molecule has 0 spiro atoms. The quantitative estimate of drug-likeness (QED) is 0.583. The van der Waals surface area contributed by atoms with Crippen molar-refractivity contribution in [2.45, 2.75) is 0 Å². The average molecular weight is 323 g/mol. The molecule has 0 fully saturated rings. The Hall–Kier alpha value is 1.45. The van der Waals surface area contributed by atoms with E-state index in [9.17, 15) is 0 Å². The van der Waals surface area contributed by atoms with Crippen LogP contribution in [-0.2, 0) is 63.7 Å². The van der Waals surface area contributed by atoms with Crippen LogP contribution in [0.1, 0.15) is 0 Å². The van der Waals surface area contributed by atoms with E-state index in [0.717, 1.165) is 0 Å². The van der Waals surface area contributed by atoms with Crippen molar-refractivity contribution < 1.29 is 63.7 Å². The van der Waals surface area contributed by atoms with Gasteiger partial charge in [-0.05, 0) is 0 Å². The number of rotatable bonds is 0. The number of hydrogen-bond acceptors (Lipinski definition) is 0. The van der Waals surface area contributed by atoms with E-state index in [1.807, 2.05) is 0 Å². The molecule has 0 aliphatic heterocycles. The first-order valence-corrected chi connectivity index (χ1v) is 0. The van der Waals surface area contributed by atoms with Gasteiger partial charge < -0.3 is 16.4 Å². The second-order valence-corrected chi connectivity index (χ2v) is 0. The molecule has 28 valence electrons. The Morgan fingerprint density at radius 1 is 0.600 bits per heavy atom. The molecule has 0 bridgehead atoms. The predicted molar refractivity (Wildman–Crippen MR) is 2.06 cm³/mol. The summed E-state index contributed by atoms with van der Waals surface area (Å²) in [7, 11) is 0. The summed E-state index contributed by atoms with van der Waals surface area (Å²) in [4.78, 5) is 0. The monoisotopic (exact) mass is 322 g/mol. The van der Waals surface area contributed by atoms with Crippen molar-refractivity contribution >= 4 is 0 Å². The van der Waals surface area contributed by atoms with Crippen molar-refractivity contribution in [3.8, 4) is 0 Å². The third-order valence-electron chi connectivity index (χ3n) is 0. The van der Waals surface area contributed by atoms with Crippen LogP contribution in [0.4, 0.5) is 0 Å². The first-order valence-electron chi connectivity index (χ1n) is 0. The molecule has 0 rings (SSSR count). The molecule has 0 heterocycles. The average Bonchev–Trinajstić information content (AvgIpc) is 0. The molecule has 0 aromatic carbocycles. The molecule has 5 heavy (non-hydrogen) atoms. The van der Waals surface area contributed by atoms with Gasteiger partial charge in [-0.2, -0.15) is 0 Å². The van der Waals surface area contributed by atoms with Crippen molar-refractivity contribution in [3.05, 3.63) is 0 Å². The fraction of sp³-hybridized carbons (Fsp3) is 0. The summed E-state index contributed by atoms with van der Waals surface area (Å²) in [5, 5.41) is 0. The van der Waals surface area contributed by atoms with E-state index in [0.29, 0.717) is 0 Å². The van der Waals surface area contributed by atoms with Gasteiger partial charge in [-0.3, -0.25) is 0 Å². The summed E-state index contributed by atoms with van der Waals surface area (Å²) in [6.45, 7) is 0. The molecule has 0 aliphatic carbocycles. The van der Waals surface area contributed by atoms with Gasteiger partial charge in [0, 0.05) is 26.2 Å². The van der Waals surface area contributed by atoms with Crippen LogP contribution in [0.3, 0.4) is 0 Å². The van der Waals surface area contributed by atoms with Crippen LogP contribution in [-0.4, -0.2) is 0 Å². The molecular formula is O3WZr. The van der Waals surface area contributed by atoms with Crippen molar-refractivity contribution in [1.29, 1.82) is 0 Å². The first kappa shape index (κ1) is 91.0. The van der Waals surface area contributed by atoms with E-state index in [2.05, 4.69) is 0 Å². The summed E-state index contributed by atoms with van der Waals surface area (Å²) in [6, 6.07) is 0. The predicted octanol–water partition coefficient (Wildman–Crippen LogP) is -0.361. The van der Waals surface area contributed by atoms with Gasteiger partial charge in [-0.1, -0.05) is 0 Å². The summed E-state index contributed by atoms with van der Waals surface area (Å²) < 4.78 is 0. The molecule has 0 aliphatic rings. The molecule has 0 saturated heterocycles. The van der Waals surface area contributed by atoms with Crippen LogP contribution in [0.5, 0.6) is 0 Å². The third-order valence-corrected chi connectivity index (χ3v) is 0. The van der Waals surface area contributed by atoms with Crippen LogP contribution >= 0.6 is 0 Å². The van der Waals surface area contributed by atoms with Gasteiger partial charge >= 0.3 is 21.1 Å². The van der Waals surface area contributed by atoms with Crippen molar-refractivity contribution in [2.24, 2.45) is 0 Å². The van der Waals surface area contributed by atoms with Crippen LogP contribution in [0.2, 0.25) is 0 Å². The minimum Gasteiger partial charge on any atom is -2.00 e. The first-order chi connectivity index (χ1) is 0. The van der Waals surface area contributed by atoms with Crippen LogP contribution < -0.4 is 0 Å². The molecule has 0 saturated carbocycles. The summed E-state index contributed by atoms with van der Waals surface area (Å²) >= 11 is 0. The van der Waals surface area contributed by atoms with Crippen molar-refractivity contribution in [2.75, 3.05) is 0 Å². The maximum Gasteiger partial charge on any atom is 6.00 e. The maximum atomic E-state index is 0. The Balaban J connectivity index is 0. The Morgan fingerprint density at radius 2 is 0.600 bits per heavy atom. The Bertz CT molecular complexity index is 6.85. The SMILES string of the molecule is [O-2].[O-2].[O-2].[W+6].[Zr]. The topological polar surface area (TPSA) is 85.5 Å². The minimum atomic E-state index is 0. The second kappa shape index (κ2) is 51.3. The second-order valence-electron chi connectivity index (χ2n) is 0. The summed E-state index contributed by atoms with van der Waals surface area (Å²) in [6.07, 6.45) is 0. The van der Waals surface area contributed by atoms with Gasteiger partial charge in [0.1, 0.15) is 0 Å². The van der Waals surface area contributed by atoms with Gasteiger partial charge in [-0.25, -0.2) is 0 Å². The minimum absolute atomic E-state index is 0. The standard InChI is InChI=1S/3O.W.Zr/q3*-2;+6;. The molecule has 0 atom stereocenters. The van der Waals surface area contributed by atoms with E-state index in [-0.39, 0.29) is 63.7 Å². The van der Waals surface area contributed by atoms with E-state index >= 15 is 0 Å². The van der Waals surface area contributed by atoms with Gasteiger partial charge in [0.25, 0.3) is 0 Å². The zero-order valence-electron chi connectivity index (χ0n) is 2.13. The molecule has 3 nitrogen and oxygen atoms in total. The molecule has 0 radical (unpaired) electrons. The zero-order chi connectivity index (χ0) is 0. The molecular weight excluding hydrogens is 323 g/mol. The largest absolute Gasteiger partial charge is 6.00 e.